The van der Waals surface area contributed by atoms with Gasteiger partial charge in [-0.2, -0.15) is 0 Å². The SMILES string of the molecule is Cc1ccccc1C(CC(=O)N1CCN(c2ccc(F)cc2)CC1)n1cccc1. The fourth-order valence-corrected chi connectivity index (χ4v) is 4.05. The second-order valence-corrected chi connectivity index (χ2v) is 7.55. The largest absolute Gasteiger partial charge is 0.368 e. The van der Waals surface area contributed by atoms with E-state index in [1.807, 2.05) is 41.6 Å². The van der Waals surface area contributed by atoms with Gasteiger partial charge in [0.1, 0.15) is 5.82 Å². The van der Waals surface area contributed by atoms with E-state index in [1.165, 1.54) is 23.3 Å². The van der Waals surface area contributed by atoms with E-state index in [0.29, 0.717) is 19.5 Å². The summed E-state index contributed by atoms with van der Waals surface area (Å²) in [5.41, 5.74) is 3.38. The highest BCUT2D eigenvalue weighted by molar-refractivity contribution is 5.77. The van der Waals surface area contributed by atoms with Crippen molar-refractivity contribution >= 4 is 11.6 Å². The zero-order valence-corrected chi connectivity index (χ0v) is 16.7. The van der Waals surface area contributed by atoms with Crippen LogP contribution in [-0.2, 0) is 4.79 Å². The molecule has 0 bridgehead atoms. The third kappa shape index (κ3) is 4.34. The maximum absolute atomic E-state index is 13.2. The first kappa shape index (κ1) is 19.2. The van der Waals surface area contributed by atoms with Crippen LogP contribution in [-0.4, -0.2) is 41.6 Å². The number of halogens is 1. The van der Waals surface area contributed by atoms with E-state index in [-0.39, 0.29) is 17.8 Å². The number of carbonyl (C=O) groups is 1. The molecule has 1 aliphatic heterocycles. The van der Waals surface area contributed by atoms with Gasteiger partial charge in [0.2, 0.25) is 5.91 Å². The molecule has 2 aromatic carbocycles. The molecule has 1 saturated heterocycles. The number of nitrogens with zero attached hydrogens (tertiary/aromatic N) is 3. The lowest BCUT2D eigenvalue weighted by atomic mass is 9.98. The summed E-state index contributed by atoms with van der Waals surface area (Å²) in [5.74, 6) is -0.0551. The lowest BCUT2D eigenvalue weighted by Gasteiger charge is -2.37. The Morgan fingerprint density at radius 1 is 0.931 bits per heavy atom. The molecule has 0 saturated carbocycles. The van der Waals surface area contributed by atoms with Crippen molar-refractivity contribution in [1.29, 1.82) is 0 Å². The molecule has 1 unspecified atom stereocenters. The number of amides is 1. The van der Waals surface area contributed by atoms with E-state index >= 15 is 0 Å². The molecule has 1 aliphatic rings. The number of hydrogen-bond donors (Lipinski definition) is 0. The Balaban J connectivity index is 1.44. The highest BCUT2D eigenvalue weighted by Gasteiger charge is 2.25. The Hall–Kier alpha value is -3.08. The third-order valence-electron chi connectivity index (χ3n) is 5.73. The van der Waals surface area contributed by atoms with Crippen molar-refractivity contribution in [3.05, 3.63) is 90.0 Å². The van der Waals surface area contributed by atoms with Crippen molar-refractivity contribution in [2.45, 2.75) is 19.4 Å². The molecule has 1 amide bonds. The normalized spacial score (nSPS) is 15.4. The molecular formula is C24H26FN3O. The summed E-state index contributed by atoms with van der Waals surface area (Å²) < 4.78 is 15.3. The topological polar surface area (TPSA) is 28.5 Å². The summed E-state index contributed by atoms with van der Waals surface area (Å²) in [6.45, 7) is 4.98. The van der Waals surface area contributed by atoms with Gasteiger partial charge in [0.25, 0.3) is 0 Å². The first-order valence-corrected chi connectivity index (χ1v) is 10.1. The molecule has 0 radical (unpaired) electrons. The predicted molar refractivity (Wildman–Crippen MR) is 114 cm³/mol. The lowest BCUT2D eigenvalue weighted by molar-refractivity contribution is -0.132. The molecule has 1 fully saturated rings. The van der Waals surface area contributed by atoms with E-state index in [2.05, 4.69) is 28.5 Å². The number of aromatic nitrogens is 1. The highest BCUT2D eigenvalue weighted by atomic mass is 19.1. The Morgan fingerprint density at radius 2 is 1.59 bits per heavy atom. The minimum absolute atomic E-state index is 0.00571. The zero-order chi connectivity index (χ0) is 20.2. The maximum Gasteiger partial charge on any atom is 0.225 e. The Kier molecular flexibility index (Phi) is 5.65. The second kappa shape index (κ2) is 8.52. The number of piperazine rings is 1. The second-order valence-electron chi connectivity index (χ2n) is 7.55. The number of aryl methyl sites for hydroxylation is 1. The van der Waals surface area contributed by atoms with Crippen molar-refractivity contribution in [2.24, 2.45) is 0 Å². The predicted octanol–water partition coefficient (Wildman–Crippen LogP) is 4.26. The number of benzene rings is 2. The Morgan fingerprint density at radius 3 is 2.24 bits per heavy atom. The minimum atomic E-state index is -0.227. The summed E-state index contributed by atoms with van der Waals surface area (Å²) in [6.07, 6.45) is 4.49. The van der Waals surface area contributed by atoms with Crippen molar-refractivity contribution in [3.63, 3.8) is 0 Å². The average molecular weight is 391 g/mol. The number of carbonyl (C=O) groups excluding carboxylic acids is 1. The first-order chi connectivity index (χ1) is 14.1. The van der Waals surface area contributed by atoms with Gasteiger partial charge in [0, 0.05) is 44.3 Å². The van der Waals surface area contributed by atoms with Gasteiger partial charge in [-0.3, -0.25) is 4.79 Å². The molecule has 0 N–H and O–H groups in total. The molecular weight excluding hydrogens is 365 g/mol. The lowest BCUT2D eigenvalue weighted by Crippen LogP contribution is -2.49. The maximum atomic E-state index is 13.2. The smallest absolute Gasteiger partial charge is 0.225 e. The van der Waals surface area contributed by atoms with Crippen LogP contribution in [0, 0.1) is 12.7 Å². The van der Waals surface area contributed by atoms with Crippen molar-refractivity contribution in [3.8, 4) is 0 Å². The van der Waals surface area contributed by atoms with Crippen LogP contribution in [0.4, 0.5) is 10.1 Å². The standard InChI is InChI=1S/C24H26FN3O/c1-19-6-2-3-7-22(19)23(27-12-4-5-13-27)18-24(29)28-16-14-26(15-17-28)21-10-8-20(25)9-11-21/h2-13,23H,14-18H2,1H3. The minimum Gasteiger partial charge on any atom is -0.368 e. The van der Waals surface area contributed by atoms with Crippen molar-refractivity contribution in [2.75, 3.05) is 31.1 Å². The molecule has 150 valence electrons. The van der Waals surface area contributed by atoms with Crippen molar-refractivity contribution < 1.29 is 9.18 Å². The number of hydrogen-bond acceptors (Lipinski definition) is 2. The molecule has 29 heavy (non-hydrogen) atoms. The molecule has 5 heteroatoms. The van der Waals surface area contributed by atoms with Crippen molar-refractivity contribution in [1.82, 2.24) is 9.47 Å². The van der Waals surface area contributed by atoms with E-state index in [1.54, 1.807) is 12.1 Å². The van der Waals surface area contributed by atoms with Crippen LogP contribution >= 0.6 is 0 Å². The molecule has 4 nitrogen and oxygen atoms in total. The average Bonchev–Trinajstić information content (AvgIpc) is 3.28. The molecule has 0 spiro atoms. The number of rotatable bonds is 5. The molecule has 1 aromatic heterocycles. The van der Waals surface area contributed by atoms with Crippen LogP contribution in [0.2, 0.25) is 0 Å². The fourth-order valence-electron chi connectivity index (χ4n) is 4.05. The highest BCUT2D eigenvalue weighted by Crippen LogP contribution is 2.26. The zero-order valence-electron chi connectivity index (χ0n) is 16.7. The summed E-state index contributed by atoms with van der Waals surface area (Å²) in [7, 11) is 0. The third-order valence-corrected chi connectivity index (χ3v) is 5.73. The van der Waals surface area contributed by atoms with Crippen LogP contribution in [0.3, 0.4) is 0 Å². The van der Waals surface area contributed by atoms with Crippen LogP contribution in [0.25, 0.3) is 0 Å². The summed E-state index contributed by atoms with van der Waals surface area (Å²) in [6, 6.07) is 18.8. The fraction of sp³-hybridized carbons (Fsp3) is 0.292. The van der Waals surface area contributed by atoms with Gasteiger partial charge in [0.05, 0.1) is 12.5 Å². The quantitative estimate of drug-likeness (QED) is 0.650. The van der Waals surface area contributed by atoms with Crippen LogP contribution in [0.5, 0.6) is 0 Å². The summed E-state index contributed by atoms with van der Waals surface area (Å²) >= 11 is 0. The molecule has 2 heterocycles. The summed E-state index contributed by atoms with van der Waals surface area (Å²) in [4.78, 5) is 17.3. The van der Waals surface area contributed by atoms with Gasteiger partial charge in [-0.15, -0.1) is 0 Å². The van der Waals surface area contributed by atoms with E-state index < -0.39 is 0 Å². The molecule has 4 rings (SSSR count). The first-order valence-electron chi connectivity index (χ1n) is 10.1. The van der Waals surface area contributed by atoms with Gasteiger partial charge < -0.3 is 14.4 Å². The van der Waals surface area contributed by atoms with E-state index in [0.717, 1.165) is 18.8 Å². The summed E-state index contributed by atoms with van der Waals surface area (Å²) in [5, 5.41) is 0. The molecule has 1 atom stereocenters. The monoisotopic (exact) mass is 391 g/mol. The Bertz CT molecular complexity index is 945. The van der Waals surface area contributed by atoms with Gasteiger partial charge in [-0.1, -0.05) is 24.3 Å². The van der Waals surface area contributed by atoms with Crippen LogP contribution in [0.15, 0.2) is 73.1 Å². The van der Waals surface area contributed by atoms with Gasteiger partial charge in [-0.25, -0.2) is 4.39 Å². The van der Waals surface area contributed by atoms with Gasteiger partial charge in [0.15, 0.2) is 0 Å². The van der Waals surface area contributed by atoms with E-state index in [9.17, 15) is 9.18 Å². The molecule has 0 aliphatic carbocycles. The number of anilines is 1. The Labute approximate surface area is 171 Å². The van der Waals surface area contributed by atoms with Gasteiger partial charge >= 0.3 is 0 Å². The van der Waals surface area contributed by atoms with Crippen LogP contribution < -0.4 is 4.90 Å². The van der Waals surface area contributed by atoms with Crippen LogP contribution in [0.1, 0.15) is 23.6 Å². The van der Waals surface area contributed by atoms with Gasteiger partial charge in [-0.05, 0) is 54.4 Å². The molecule has 3 aromatic rings. The van der Waals surface area contributed by atoms with E-state index in [4.69, 9.17) is 0 Å².